The molecule has 0 radical (unpaired) electrons. The van der Waals surface area contributed by atoms with Gasteiger partial charge in [-0.2, -0.15) is 0 Å². The van der Waals surface area contributed by atoms with Crippen molar-refractivity contribution in [1.29, 1.82) is 0 Å². The van der Waals surface area contributed by atoms with Crippen LogP contribution in [0.15, 0.2) is 46.9 Å². The summed E-state index contributed by atoms with van der Waals surface area (Å²) in [5.41, 5.74) is 3.93. The number of carbonyl (C=O) groups is 1. The van der Waals surface area contributed by atoms with Crippen LogP contribution >= 0.6 is 15.9 Å². The van der Waals surface area contributed by atoms with Gasteiger partial charge in [0.2, 0.25) is 0 Å². The highest BCUT2D eigenvalue weighted by molar-refractivity contribution is 9.10. The largest absolute Gasteiger partial charge is 0.356 e. The minimum absolute atomic E-state index is 0.113. The molecule has 5 heteroatoms. The van der Waals surface area contributed by atoms with Gasteiger partial charge in [0.15, 0.2) is 0 Å². The van der Waals surface area contributed by atoms with Crippen molar-refractivity contribution in [3.8, 4) is 0 Å². The molecule has 0 atom stereocenters. The standard InChI is InChI=1S/C17H20BrN3O/c1-11(2)19-17(22)21-14-6-4-13(5-7-14)20-15-8-9-16(18)12(3)10-15/h4-11,20H,1-3H3,(H2,19,21,22). The van der Waals surface area contributed by atoms with Crippen LogP contribution in [0.3, 0.4) is 0 Å². The second-order valence-electron chi connectivity index (χ2n) is 5.42. The lowest BCUT2D eigenvalue weighted by molar-refractivity contribution is 0.250. The molecular formula is C17H20BrN3O. The van der Waals surface area contributed by atoms with Gasteiger partial charge in [0.05, 0.1) is 0 Å². The number of carbonyl (C=O) groups excluding carboxylic acids is 1. The molecule has 0 spiro atoms. The summed E-state index contributed by atoms with van der Waals surface area (Å²) in [6.07, 6.45) is 0. The minimum atomic E-state index is -0.195. The third kappa shape index (κ3) is 4.77. The molecule has 0 saturated heterocycles. The van der Waals surface area contributed by atoms with Crippen LogP contribution < -0.4 is 16.0 Å². The summed E-state index contributed by atoms with van der Waals surface area (Å²) in [4.78, 5) is 11.6. The fourth-order valence-corrected chi connectivity index (χ4v) is 2.20. The van der Waals surface area contributed by atoms with E-state index in [0.717, 1.165) is 21.5 Å². The Bertz CT molecular complexity index is 653. The molecular weight excluding hydrogens is 342 g/mol. The van der Waals surface area contributed by atoms with Crippen molar-refractivity contribution >= 4 is 39.0 Å². The van der Waals surface area contributed by atoms with Crippen molar-refractivity contribution in [3.05, 3.63) is 52.5 Å². The van der Waals surface area contributed by atoms with Crippen molar-refractivity contribution in [2.75, 3.05) is 10.6 Å². The SMILES string of the molecule is Cc1cc(Nc2ccc(NC(=O)NC(C)C)cc2)ccc1Br. The maximum atomic E-state index is 11.6. The molecule has 0 bridgehead atoms. The lowest BCUT2D eigenvalue weighted by Gasteiger charge is -2.11. The average molecular weight is 362 g/mol. The van der Waals surface area contributed by atoms with E-state index in [1.165, 1.54) is 5.56 Å². The molecule has 0 aliphatic heterocycles. The molecule has 0 saturated carbocycles. The molecule has 3 N–H and O–H groups in total. The normalized spacial score (nSPS) is 10.4. The van der Waals surface area contributed by atoms with Gasteiger partial charge < -0.3 is 16.0 Å². The van der Waals surface area contributed by atoms with Crippen molar-refractivity contribution < 1.29 is 4.79 Å². The van der Waals surface area contributed by atoms with Crippen LogP contribution in [0.4, 0.5) is 21.9 Å². The summed E-state index contributed by atoms with van der Waals surface area (Å²) in [5.74, 6) is 0. The highest BCUT2D eigenvalue weighted by atomic mass is 79.9. The van der Waals surface area contributed by atoms with E-state index in [-0.39, 0.29) is 12.1 Å². The summed E-state index contributed by atoms with van der Waals surface area (Å²) >= 11 is 3.49. The molecule has 0 fully saturated rings. The van der Waals surface area contributed by atoms with E-state index in [1.54, 1.807) is 0 Å². The average Bonchev–Trinajstić information content (AvgIpc) is 2.44. The predicted molar refractivity (Wildman–Crippen MR) is 95.9 cm³/mol. The molecule has 2 rings (SSSR count). The first-order valence-corrected chi connectivity index (χ1v) is 7.94. The molecule has 0 aliphatic rings. The van der Waals surface area contributed by atoms with Crippen LogP contribution in [0.2, 0.25) is 0 Å². The summed E-state index contributed by atoms with van der Waals surface area (Å²) in [5, 5.41) is 8.92. The van der Waals surface area contributed by atoms with Crippen LogP contribution in [0.1, 0.15) is 19.4 Å². The second kappa shape index (κ2) is 7.31. The van der Waals surface area contributed by atoms with Crippen LogP contribution in [0.5, 0.6) is 0 Å². The van der Waals surface area contributed by atoms with Gasteiger partial charge in [0.25, 0.3) is 0 Å². The third-order valence-electron chi connectivity index (χ3n) is 3.01. The fourth-order valence-electron chi connectivity index (χ4n) is 1.96. The van der Waals surface area contributed by atoms with E-state index in [2.05, 4.69) is 44.9 Å². The number of urea groups is 1. The number of hydrogen-bond acceptors (Lipinski definition) is 2. The Labute approximate surface area is 139 Å². The second-order valence-corrected chi connectivity index (χ2v) is 6.27. The number of halogens is 1. The number of amides is 2. The van der Waals surface area contributed by atoms with Crippen LogP contribution in [0, 0.1) is 6.92 Å². The molecule has 0 heterocycles. The Kier molecular flexibility index (Phi) is 5.44. The Morgan fingerprint density at radius 1 is 1.00 bits per heavy atom. The van der Waals surface area contributed by atoms with Crippen molar-refractivity contribution in [2.24, 2.45) is 0 Å². The molecule has 2 aromatic rings. The topological polar surface area (TPSA) is 53.2 Å². The van der Waals surface area contributed by atoms with Crippen LogP contribution in [-0.4, -0.2) is 12.1 Å². The van der Waals surface area contributed by atoms with E-state index in [0.29, 0.717) is 0 Å². The smallest absolute Gasteiger partial charge is 0.319 e. The highest BCUT2D eigenvalue weighted by Gasteiger charge is 2.03. The molecule has 116 valence electrons. The lowest BCUT2D eigenvalue weighted by Crippen LogP contribution is -2.34. The number of rotatable bonds is 4. The molecule has 4 nitrogen and oxygen atoms in total. The van der Waals surface area contributed by atoms with Gasteiger partial charge in [-0.25, -0.2) is 4.79 Å². The molecule has 22 heavy (non-hydrogen) atoms. The quantitative estimate of drug-likeness (QED) is 0.714. The first kappa shape index (κ1) is 16.4. The Balaban J connectivity index is 1.99. The Morgan fingerprint density at radius 3 is 2.18 bits per heavy atom. The zero-order valence-electron chi connectivity index (χ0n) is 12.9. The number of aryl methyl sites for hydroxylation is 1. The first-order chi connectivity index (χ1) is 10.4. The zero-order chi connectivity index (χ0) is 16.1. The van der Waals surface area contributed by atoms with Crippen LogP contribution in [-0.2, 0) is 0 Å². The van der Waals surface area contributed by atoms with Gasteiger partial charge in [-0.3, -0.25) is 0 Å². The predicted octanol–water partition coefficient (Wildman–Crippen LogP) is 5.03. The van der Waals surface area contributed by atoms with E-state index in [4.69, 9.17) is 0 Å². The van der Waals surface area contributed by atoms with Crippen molar-refractivity contribution in [1.82, 2.24) is 5.32 Å². The molecule has 2 aromatic carbocycles. The van der Waals surface area contributed by atoms with E-state index >= 15 is 0 Å². The third-order valence-corrected chi connectivity index (χ3v) is 3.90. The van der Waals surface area contributed by atoms with Gasteiger partial charge in [-0.15, -0.1) is 0 Å². The number of anilines is 3. The molecule has 0 unspecified atom stereocenters. The zero-order valence-corrected chi connectivity index (χ0v) is 14.5. The van der Waals surface area contributed by atoms with Crippen LogP contribution in [0.25, 0.3) is 0 Å². The highest BCUT2D eigenvalue weighted by Crippen LogP contribution is 2.23. The molecule has 0 aromatic heterocycles. The Hall–Kier alpha value is -2.01. The molecule has 0 aliphatic carbocycles. The maximum Gasteiger partial charge on any atom is 0.319 e. The van der Waals surface area contributed by atoms with Gasteiger partial charge >= 0.3 is 6.03 Å². The summed E-state index contributed by atoms with van der Waals surface area (Å²) in [6.45, 7) is 5.90. The van der Waals surface area contributed by atoms with Gasteiger partial charge in [0.1, 0.15) is 0 Å². The van der Waals surface area contributed by atoms with Crippen molar-refractivity contribution in [3.63, 3.8) is 0 Å². The minimum Gasteiger partial charge on any atom is -0.356 e. The Morgan fingerprint density at radius 2 is 1.59 bits per heavy atom. The van der Waals surface area contributed by atoms with Gasteiger partial charge in [0, 0.05) is 27.6 Å². The van der Waals surface area contributed by atoms with E-state index in [9.17, 15) is 4.79 Å². The first-order valence-electron chi connectivity index (χ1n) is 7.15. The summed E-state index contributed by atoms with van der Waals surface area (Å²) in [6, 6.07) is 13.6. The van der Waals surface area contributed by atoms with Gasteiger partial charge in [-0.05, 0) is 68.8 Å². The van der Waals surface area contributed by atoms with E-state index in [1.807, 2.05) is 50.2 Å². The number of benzene rings is 2. The summed E-state index contributed by atoms with van der Waals surface area (Å²) in [7, 11) is 0. The fraction of sp³-hybridized carbons (Fsp3) is 0.235. The lowest BCUT2D eigenvalue weighted by atomic mass is 10.2. The van der Waals surface area contributed by atoms with Crippen molar-refractivity contribution in [2.45, 2.75) is 26.8 Å². The monoisotopic (exact) mass is 361 g/mol. The number of nitrogens with one attached hydrogen (secondary N) is 3. The summed E-state index contributed by atoms with van der Waals surface area (Å²) < 4.78 is 1.09. The number of hydrogen-bond donors (Lipinski definition) is 3. The van der Waals surface area contributed by atoms with E-state index < -0.39 is 0 Å². The molecule has 2 amide bonds. The van der Waals surface area contributed by atoms with Gasteiger partial charge in [-0.1, -0.05) is 15.9 Å². The maximum absolute atomic E-state index is 11.6.